The van der Waals surface area contributed by atoms with Crippen LogP contribution in [0.25, 0.3) is 11.5 Å². The zero-order valence-corrected chi connectivity index (χ0v) is 12.0. The average molecular weight is 261 g/mol. The Morgan fingerprint density at radius 2 is 1.84 bits per heavy atom. The van der Waals surface area contributed by atoms with Gasteiger partial charge in [-0.2, -0.15) is 10.2 Å². The standard InChI is InChI=1S/C13H19N5O/c1-8-6-10(9(2)16-15-8)12-18-17-11(19-12)7-14-13(3,4)5/h6,14H,7H2,1-5H3. The molecule has 0 spiro atoms. The Hall–Kier alpha value is -1.82. The zero-order chi connectivity index (χ0) is 14.0. The van der Waals surface area contributed by atoms with Crippen molar-refractivity contribution in [3.63, 3.8) is 0 Å². The fourth-order valence-corrected chi connectivity index (χ4v) is 1.54. The van der Waals surface area contributed by atoms with Gasteiger partial charge < -0.3 is 9.73 Å². The van der Waals surface area contributed by atoms with Crippen molar-refractivity contribution in [1.82, 2.24) is 25.7 Å². The molecule has 0 saturated carbocycles. The van der Waals surface area contributed by atoms with Crippen LogP contribution >= 0.6 is 0 Å². The number of hydrogen-bond donors (Lipinski definition) is 1. The molecular formula is C13H19N5O. The summed E-state index contributed by atoms with van der Waals surface area (Å²) in [5.74, 6) is 1.06. The van der Waals surface area contributed by atoms with Gasteiger partial charge in [0.2, 0.25) is 11.8 Å². The van der Waals surface area contributed by atoms with E-state index in [0.29, 0.717) is 18.3 Å². The van der Waals surface area contributed by atoms with E-state index in [0.717, 1.165) is 17.0 Å². The van der Waals surface area contributed by atoms with Crippen molar-refractivity contribution in [2.24, 2.45) is 0 Å². The lowest BCUT2D eigenvalue weighted by Gasteiger charge is -2.18. The summed E-state index contributed by atoms with van der Waals surface area (Å²) in [5.41, 5.74) is 2.46. The summed E-state index contributed by atoms with van der Waals surface area (Å²) in [6.07, 6.45) is 0. The van der Waals surface area contributed by atoms with E-state index in [2.05, 4.69) is 46.5 Å². The molecule has 0 aliphatic rings. The van der Waals surface area contributed by atoms with Crippen molar-refractivity contribution in [3.8, 4) is 11.5 Å². The molecule has 2 aromatic rings. The highest BCUT2D eigenvalue weighted by atomic mass is 16.4. The van der Waals surface area contributed by atoms with Crippen LogP contribution in [0.3, 0.4) is 0 Å². The molecule has 0 aromatic carbocycles. The highest BCUT2D eigenvalue weighted by molar-refractivity contribution is 5.55. The van der Waals surface area contributed by atoms with Crippen LogP contribution < -0.4 is 5.32 Å². The lowest BCUT2D eigenvalue weighted by Crippen LogP contribution is -2.35. The third-order valence-electron chi connectivity index (χ3n) is 2.57. The normalized spacial score (nSPS) is 11.8. The van der Waals surface area contributed by atoms with Gasteiger partial charge in [0.15, 0.2) is 0 Å². The van der Waals surface area contributed by atoms with E-state index in [-0.39, 0.29) is 5.54 Å². The monoisotopic (exact) mass is 261 g/mol. The summed E-state index contributed by atoms with van der Waals surface area (Å²) in [4.78, 5) is 0. The van der Waals surface area contributed by atoms with Crippen LogP contribution in [0.2, 0.25) is 0 Å². The molecule has 0 atom stereocenters. The van der Waals surface area contributed by atoms with Gasteiger partial charge in [-0.1, -0.05) is 0 Å². The summed E-state index contributed by atoms with van der Waals surface area (Å²) in [6, 6.07) is 1.90. The molecule has 0 aliphatic carbocycles. The SMILES string of the molecule is Cc1cc(-c2nnc(CNC(C)(C)C)o2)c(C)nn1. The van der Waals surface area contributed by atoms with Gasteiger partial charge >= 0.3 is 0 Å². The van der Waals surface area contributed by atoms with Crippen LogP contribution in [0.5, 0.6) is 0 Å². The third-order valence-corrected chi connectivity index (χ3v) is 2.57. The Morgan fingerprint density at radius 3 is 2.53 bits per heavy atom. The molecule has 0 aliphatic heterocycles. The van der Waals surface area contributed by atoms with Crippen molar-refractivity contribution in [1.29, 1.82) is 0 Å². The van der Waals surface area contributed by atoms with Crippen molar-refractivity contribution in [2.45, 2.75) is 46.7 Å². The minimum absolute atomic E-state index is 0.0133. The maximum Gasteiger partial charge on any atom is 0.249 e. The number of aromatic nitrogens is 4. The molecule has 102 valence electrons. The molecule has 0 unspecified atom stereocenters. The Kier molecular flexibility index (Phi) is 3.61. The molecule has 2 aromatic heterocycles. The minimum atomic E-state index is 0.0133. The molecule has 0 saturated heterocycles. The van der Waals surface area contributed by atoms with E-state index in [4.69, 9.17) is 4.42 Å². The van der Waals surface area contributed by atoms with Crippen molar-refractivity contribution in [3.05, 3.63) is 23.3 Å². The Labute approximate surface area is 112 Å². The van der Waals surface area contributed by atoms with Gasteiger partial charge in [-0.15, -0.1) is 10.2 Å². The van der Waals surface area contributed by atoms with Gasteiger partial charge in [0.1, 0.15) is 0 Å². The van der Waals surface area contributed by atoms with Crippen LogP contribution in [-0.4, -0.2) is 25.9 Å². The molecule has 0 fully saturated rings. The molecule has 0 radical (unpaired) electrons. The summed E-state index contributed by atoms with van der Waals surface area (Å²) < 4.78 is 5.65. The summed E-state index contributed by atoms with van der Waals surface area (Å²) >= 11 is 0. The number of aryl methyl sites for hydroxylation is 2. The maximum atomic E-state index is 5.65. The van der Waals surface area contributed by atoms with Gasteiger partial charge in [-0.25, -0.2) is 0 Å². The molecule has 2 rings (SSSR count). The Morgan fingerprint density at radius 1 is 1.11 bits per heavy atom. The molecule has 19 heavy (non-hydrogen) atoms. The first kappa shape index (κ1) is 13.6. The van der Waals surface area contributed by atoms with Crippen LogP contribution in [0.15, 0.2) is 10.5 Å². The van der Waals surface area contributed by atoms with Gasteiger partial charge in [-0.05, 0) is 40.7 Å². The fraction of sp³-hybridized carbons (Fsp3) is 0.538. The van der Waals surface area contributed by atoms with Gasteiger partial charge in [-0.3, -0.25) is 0 Å². The van der Waals surface area contributed by atoms with E-state index in [1.54, 1.807) is 0 Å². The first-order valence-corrected chi connectivity index (χ1v) is 6.24. The fourth-order valence-electron chi connectivity index (χ4n) is 1.54. The van der Waals surface area contributed by atoms with E-state index in [9.17, 15) is 0 Å². The topological polar surface area (TPSA) is 76.7 Å². The predicted molar refractivity (Wildman–Crippen MR) is 71.4 cm³/mol. The smallest absolute Gasteiger partial charge is 0.249 e. The molecule has 0 bridgehead atoms. The van der Waals surface area contributed by atoms with E-state index >= 15 is 0 Å². The van der Waals surface area contributed by atoms with Crippen LogP contribution in [0.4, 0.5) is 0 Å². The summed E-state index contributed by atoms with van der Waals surface area (Å²) in [6.45, 7) is 10.6. The van der Waals surface area contributed by atoms with Crippen LogP contribution in [0, 0.1) is 13.8 Å². The summed E-state index contributed by atoms with van der Waals surface area (Å²) in [7, 11) is 0. The third kappa shape index (κ3) is 3.57. The number of nitrogens with one attached hydrogen (secondary N) is 1. The lowest BCUT2D eigenvalue weighted by molar-refractivity contribution is 0.383. The number of hydrogen-bond acceptors (Lipinski definition) is 6. The molecule has 1 N–H and O–H groups in total. The first-order valence-electron chi connectivity index (χ1n) is 6.24. The van der Waals surface area contributed by atoms with Gasteiger partial charge in [0, 0.05) is 5.54 Å². The highest BCUT2D eigenvalue weighted by Gasteiger charge is 2.15. The first-order chi connectivity index (χ1) is 8.85. The number of nitrogens with zero attached hydrogens (tertiary/aromatic N) is 4. The van der Waals surface area contributed by atoms with Gasteiger partial charge in [0.05, 0.1) is 23.5 Å². The van der Waals surface area contributed by atoms with Crippen molar-refractivity contribution < 1.29 is 4.42 Å². The molecule has 6 nitrogen and oxygen atoms in total. The maximum absolute atomic E-state index is 5.65. The van der Waals surface area contributed by atoms with Crippen LogP contribution in [0.1, 0.15) is 38.0 Å². The van der Waals surface area contributed by atoms with Crippen molar-refractivity contribution >= 4 is 0 Å². The van der Waals surface area contributed by atoms with E-state index in [1.807, 2.05) is 19.9 Å². The second-order valence-corrected chi connectivity index (χ2v) is 5.59. The van der Waals surface area contributed by atoms with Crippen molar-refractivity contribution in [2.75, 3.05) is 0 Å². The summed E-state index contributed by atoms with van der Waals surface area (Å²) in [5, 5.41) is 19.5. The lowest BCUT2D eigenvalue weighted by atomic mass is 10.1. The average Bonchev–Trinajstić information content (AvgIpc) is 2.77. The second-order valence-electron chi connectivity index (χ2n) is 5.59. The second kappa shape index (κ2) is 5.05. The zero-order valence-electron chi connectivity index (χ0n) is 12.0. The Bertz CT molecular complexity index is 571. The molecular weight excluding hydrogens is 242 g/mol. The number of rotatable bonds is 3. The highest BCUT2D eigenvalue weighted by Crippen LogP contribution is 2.20. The van der Waals surface area contributed by atoms with Crippen LogP contribution in [-0.2, 0) is 6.54 Å². The largest absolute Gasteiger partial charge is 0.419 e. The van der Waals surface area contributed by atoms with Gasteiger partial charge in [0.25, 0.3) is 0 Å². The minimum Gasteiger partial charge on any atom is -0.419 e. The molecule has 2 heterocycles. The van der Waals surface area contributed by atoms with E-state index < -0.39 is 0 Å². The quantitative estimate of drug-likeness (QED) is 0.911. The Balaban J connectivity index is 2.19. The molecule has 0 amide bonds. The van der Waals surface area contributed by atoms with E-state index in [1.165, 1.54) is 0 Å². The predicted octanol–water partition coefficient (Wildman–Crippen LogP) is 2.03. The molecule has 6 heteroatoms.